The summed E-state index contributed by atoms with van der Waals surface area (Å²) in [7, 11) is 0. The van der Waals surface area contributed by atoms with E-state index in [-0.39, 0.29) is 5.41 Å². The van der Waals surface area contributed by atoms with Gasteiger partial charge in [0.1, 0.15) is 0 Å². The first-order valence-corrected chi connectivity index (χ1v) is 22.5. The van der Waals surface area contributed by atoms with Gasteiger partial charge in [-0.1, -0.05) is 129 Å². The summed E-state index contributed by atoms with van der Waals surface area (Å²) < 4.78 is 0. The SMILES string of the molecule is Cc1cccc2c1-c1ccc(N(c3ccc(C4CC5CCC4C5)cc3)c3cc(N(c4ccccc4)c4ccccc4)cc(N(c4ccccc4)c4ccccc4)c3)cc1C2(C)C. The summed E-state index contributed by atoms with van der Waals surface area (Å²) in [5.41, 5.74) is 18.1. The molecule has 304 valence electrons. The van der Waals surface area contributed by atoms with E-state index in [1.54, 1.807) is 0 Å². The molecule has 0 heterocycles. The van der Waals surface area contributed by atoms with Crippen LogP contribution in [0.1, 0.15) is 67.7 Å². The van der Waals surface area contributed by atoms with E-state index < -0.39 is 0 Å². The number of hydrogen-bond acceptors (Lipinski definition) is 3. The highest BCUT2D eigenvalue weighted by Crippen LogP contribution is 2.55. The summed E-state index contributed by atoms with van der Waals surface area (Å²) in [5.74, 6) is 2.40. The normalized spacial score (nSPS) is 18.0. The van der Waals surface area contributed by atoms with Crippen LogP contribution in [-0.4, -0.2) is 0 Å². The van der Waals surface area contributed by atoms with Gasteiger partial charge in [-0.15, -0.1) is 0 Å². The molecule has 62 heavy (non-hydrogen) atoms. The highest BCUT2D eigenvalue weighted by Gasteiger charge is 2.40. The monoisotopic (exact) mass is 803 g/mol. The van der Waals surface area contributed by atoms with Gasteiger partial charge in [-0.05, 0) is 168 Å². The van der Waals surface area contributed by atoms with Crippen molar-refractivity contribution in [3.63, 3.8) is 0 Å². The fraction of sp³-hybridized carbons (Fsp3) is 0.186. The number of nitrogens with zero attached hydrogens (tertiary/aromatic N) is 3. The molecule has 3 nitrogen and oxygen atoms in total. The predicted octanol–water partition coefficient (Wildman–Crippen LogP) is 16.6. The van der Waals surface area contributed by atoms with Gasteiger partial charge in [0.15, 0.2) is 0 Å². The maximum Gasteiger partial charge on any atom is 0.0503 e. The summed E-state index contributed by atoms with van der Waals surface area (Å²) in [6, 6.07) is 73.9. The molecule has 2 fully saturated rings. The van der Waals surface area contributed by atoms with Gasteiger partial charge in [0.05, 0.1) is 17.1 Å². The van der Waals surface area contributed by atoms with E-state index in [1.807, 2.05) is 0 Å². The van der Waals surface area contributed by atoms with Crippen molar-refractivity contribution in [2.75, 3.05) is 14.7 Å². The average Bonchev–Trinajstić information content (AvgIpc) is 4.02. The van der Waals surface area contributed by atoms with Gasteiger partial charge >= 0.3 is 0 Å². The van der Waals surface area contributed by atoms with Crippen LogP contribution in [0.15, 0.2) is 200 Å². The van der Waals surface area contributed by atoms with E-state index in [2.05, 4.69) is 236 Å². The molecule has 11 rings (SSSR count). The highest BCUT2D eigenvalue weighted by atomic mass is 15.2. The molecule has 8 aromatic rings. The van der Waals surface area contributed by atoms with Crippen LogP contribution < -0.4 is 14.7 Å². The number of para-hydroxylation sites is 4. The first-order valence-electron chi connectivity index (χ1n) is 22.5. The molecule has 3 unspecified atom stereocenters. The first-order chi connectivity index (χ1) is 30.4. The lowest BCUT2D eigenvalue weighted by Gasteiger charge is -2.33. The molecule has 8 aromatic carbocycles. The van der Waals surface area contributed by atoms with Crippen LogP contribution in [0.3, 0.4) is 0 Å². The Morgan fingerprint density at radius 3 is 1.34 bits per heavy atom. The molecule has 0 saturated heterocycles. The predicted molar refractivity (Wildman–Crippen MR) is 261 cm³/mol. The fourth-order valence-corrected chi connectivity index (χ4v) is 11.2. The Bertz CT molecular complexity index is 2670. The molecule has 0 radical (unpaired) electrons. The van der Waals surface area contributed by atoms with Crippen LogP contribution in [-0.2, 0) is 5.41 Å². The summed E-state index contributed by atoms with van der Waals surface area (Å²) >= 11 is 0. The van der Waals surface area contributed by atoms with E-state index in [1.165, 1.54) is 59.1 Å². The number of benzene rings is 8. The van der Waals surface area contributed by atoms with Crippen molar-refractivity contribution in [2.24, 2.45) is 11.8 Å². The Morgan fingerprint density at radius 1 is 0.403 bits per heavy atom. The van der Waals surface area contributed by atoms with Crippen LogP contribution in [0.5, 0.6) is 0 Å². The van der Waals surface area contributed by atoms with Gasteiger partial charge in [-0.25, -0.2) is 0 Å². The van der Waals surface area contributed by atoms with Gasteiger partial charge < -0.3 is 14.7 Å². The van der Waals surface area contributed by atoms with Gasteiger partial charge in [0.25, 0.3) is 0 Å². The zero-order chi connectivity index (χ0) is 41.8. The van der Waals surface area contributed by atoms with E-state index >= 15 is 0 Å². The molecule has 0 aromatic heterocycles. The van der Waals surface area contributed by atoms with Gasteiger partial charge in [-0.3, -0.25) is 0 Å². The molecule has 2 saturated carbocycles. The fourth-order valence-electron chi connectivity index (χ4n) is 11.2. The molecule has 3 atom stereocenters. The lowest BCUT2D eigenvalue weighted by atomic mass is 9.82. The van der Waals surface area contributed by atoms with E-state index in [9.17, 15) is 0 Å². The quantitative estimate of drug-likeness (QED) is 0.136. The molecule has 0 amide bonds. The van der Waals surface area contributed by atoms with Crippen LogP contribution in [0, 0.1) is 18.8 Å². The zero-order valence-electron chi connectivity index (χ0n) is 36.0. The third-order valence-corrected chi connectivity index (χ3v) is 14.2. The van der Waals surface area contributed by atoms with Crippen molar-refractivity contribution >= 4 is 51.2 Å². The minimum atomic E-state index is -0.147. The van der Waals surface area contributed by atoms with Crippen molar-refractivity contribution in [3.05, 3.63) is 222 Å². The minimum absolute atomic E-state index is 0.147. The third-order valence-electron chi connectivity index (χ3n) is 14.2. The number of aryl methyl sites for hydroxylation is 1. The van der Waals surface area contributed by atoms with Gasteiger partial charge in [-0.2, -0.15) is 0 Å². The Morgan fingerprint density at radius 2 is 0.871 bits per heavy atom. The maximum atomic E-state index is 2.51. The number of anilines is 9. The van der Waals surface area contributed by atoms with Crippen LogP contribution in [0.25, 0.3) is 11.1 Å². The molecule has 0 aliphatic heterocycles. The zero-order valence-corrected chi connectivity index (χ0v) is 36.0. The van der Waals surface area contributed by atoms with Crippen LogP contribution >= 0.6 is 0 Å². The van der Waals surface area contributed by atoms with E-state index in [0.717, 1.165) is 63.0 Å². The number of hydrogen-bond donors (Lipinski definition) is 0. The Labute approximate surface area is 367 Å². The molecule has 0 N–H and O–H groups in total. The van der Waals surface area contributed by atoms with E-state index in [4.69, 9.17) is 0 Å². The summed E-state index contributed by atoms with van der Waals surface area (Å²) in [6.07, 6.45) is 5.53. The largest absolute Gasteiger partial charge is 0.310 e. The van der Waals surface area contributed by atoms with Crippen LogP contribution in [0.4, 0.5) is 51.2 Å². The molecular weight excluding hydrogens is 751 g/mol. The summed E-state index contributed by atoms with van der Waals surface area (Å²) in [5, 5.41) is 0. The molecule has 3 aliphatic rings. The lowest BCUT2D eigenvalue weighted by molar-refractivity contribution is 0.420. The molecule has 3 aliphatic carbocycles. The Balaban J connectivity index is 1.15. The third kappa shape index (κ3) is 6.68. The topological polar surface area (TPSA) is 9.72 Å². The molecular formula is C59H53N3. The summed E-state index contributed by atoms with van der Waals surface area (Å²) in [6.45, 7) is 7.04. The van der Waals surface area contributed by atoms with Crippen molar-refractivity contribution in [3.8, 4) is 11.1 Å². The molecule has 2 bridgehead atoms. The average molecular weight is 804 g/mol. The second-order valence-corrected chi connectivity index (χ2v) is 18.3. The van der Waals surface area contributed by atoms with Gasteiger partial charge in [0, 0.05) is 39.5 Å². The van der Waals surface area contributed by atoms with E-state index in [0.29, 0.717) is 5.92 Å². The molecule has 0 spiro atoms. The van der Waals surface area contributed by atoms with Crippen molar-refractivity contribution in [2.45, 2.75) is 57.8 Å². The highest BCUT2D eigenvalue weighted by molar-refractivity contribution is 5.91. The van der Waals surface area contributed by atoms with Crippen molar-refractivity contribution in [1.29, 1.82) is 0 Å². The number of fused-ring (bicyclic) bond motifs is 5. The molecule has 3 heteroatoms. The summed E-state index contributed by atoms with van der Waals surface area (Å²) in [4.78, 5) is 7.29. The minimum Gasteiger partial charge on any atom is -0.310 e. The Hall–Kier alpha value is -6.84. The second kappa shape index (κ2) is 15.6. The lowest BCUT2D eigenvalue weighted by Crippen LogP contribution is -2.18. The second-order valence-electron chi connectivity index (χ2n) is 18.3. The van der Waals surface area contributed by atoms with Crippen molar-refractivity contribution in [1.82, 2.24) is 0 Å². The van der Waals surface area contributed by atoms with Crippen LogP contribution in [0.2, 0.25) is 0 Å². The van der Waals surface area contributed by atoms with Crippen molar-refractivity contribution < 1.29 is 0 Å². The number of rotatable bonds is 10. The Kier molecular flexibility index (Phi) is 9.57. The smallest absolute Gasteiger partial charge is 0.0503 e. The first kappa shape index (κ1) is 38.1. The standard InChI is InChI=1S/C59H53N3/c1-41-17-16-26-56-58(41)54-34-33-50(40-57(54)59(56,2)3)62(49-31-29-43(30-32-49)55-36-42-27-28-44(55)35-42)53-38-51(60(45-18-8-4-9-19-45)46-20-10-5-11-21-46)37-52(39-53)61(47-22-12-6-13-23-47)48-24-14-7-15-25-48/h4-26,29-34,37-40,42,44,55H,27-28,35-36H2,1-3H3. The van der Waals surface area contributed by atoms with Gasteiger partial charge in [0.2, 0.25) is 0 Å². The maximum absolute atomic E-state index is 2.51.